The maximum Gasteiger partial charge on any atom is 0.234 e. The molecule has 0 saturated carbocycles. The summed E-state index contributed by atoms with van der Waals surface area (Å²) in [6, 6.07) is 4.18. The first-order valence-electron chi connectivity index (χ1n) is 8.33. The maximum atomic E-state index is 12.8. The molecule has 4 rings (SSSR count). The van der Waals surface area contributed by atoms with Crippen LogP contribution in [0.2, 0.25) is 0 Å². The van der Waals surface area contributed by atoms with Gasteiger partial charge in [0.05, 0.1) is 18.2 Å². The number of amides is 1. The molecule has 1 unspecified atom stereocenters. The highest BCUT2D eigenvalue weighted by Gasteiger charge is 2.29. The lowest BCUT2D eigenvalue weighted by molar-refractivity contribution is -0.134. The third-order valence-corrected chi connectivity index (χ3v) is 5.42. The fraction of sp³-hybridized carbons (Fsp3) is 0.389. The smallest absolute Gasteiger partial charge is 0.234 e. The first kappa shape index (κ1) is 15.3. The van der Waals surface area contributed by atoms with Gasteiger partial charge in [0.25, 0.3) is 0 Å². The summed E-state index contributed by atoms with van der Waals surface area (Å²) >= 11 is 1.64. The number of piperidine rings is 1. The third-order valence-electron chi connectivity index (χ3n) is 4.69. The molecule has 1 aliphatic rings. The van der Waals surface area contributed by atoms with Gasteiger partial charge < -0.3 is 4.90 Å². The average molecular weight is 340 g/mol. The van der Waals surface area contributed by atoms with Crippen molar-refractivity contribution >= 4 is 23.0 Å². The minimum Gasteiger partial charge on any atom is -0.334 e. The molecule has 0 N–H and O–H groups in total. The lowest BCUT2D eigenvalue weighted by Gasteiger charge is -2.35. The number of rotatable bonds is 3. The molecule has 24 heavy (non-hydrogen) atoms. The quantitative estimate of drug-likeness (QED) is 0.734. The Bertz CT molecular complexity index is 855. The zero-order valence-electron chi connectivity index (χ0n) is 13.7. The Morgan fingerprint density at radius 2 is 2.33 bits per heavy atom. The second-order valence-electron chi connectivity index (χ2n) is 6.33. The normalized spacial score (nSPS) is 18.2. The number of fused-ring (bicyclic) bond motifs is 1. The predicted octanol–water partition coefficient (Wildman–Crippen LogP) is 3.40. The van der Waals surface area contributed by atoms with Crippen LogP contribution in [0.1, 0.15) is 42.3 Å². The molecule has 0 aliphatic carbocycles. The van der Waals surface area contributed by atoms with E-state index < -0.39 is 0 Å². The standard InChI is InChI=1S/C18H20N4OS/c1-13-10-15(20-18-19-6-8-21(13)18)16-4-2-3-7-22(16)17(23)11-14-5-9-24-12-14/h5-6,8-10,12,16H,2-4,7,11H2,1H3. The number of hydrogen-bond acceptors (Lipinski definition) is 4. The largest absolute Gasteiger partial charge is 0.334 e. The number of likely N-dealkylation sites (tertiary alicyclic amines) is 1. The second-order valence-corrected chi connectivity index (χ2v) is 7.11. The molecular weight excluding hydrogens is 320 g/mol. The lowest BCUT2D eigenvalue weighted by Crippen LogP contribution is -2.39. The summed E-state index contributed by atoms with van der Waals surface area (Å²) in [5.41, 5.74) is 3.16. The van der Waals surface area contributed by atoms with Gasteiger partial charge in [-0.15, -0.1) is 0 Å². The van der Waals surface area contributed by atoms with Gasteiger partial charge in [-0.3, -0.25) is 9.20 Å². The Morgan fingerprint density at radius 1 is 1.42 bits per heavy atom. The average Bonchev–Trinajstić information content (AvgIpc) is 3.26. The van der Waals surface area contributed by atoms with E-state index in [0.717, 1.165) is 42.8 Å². The Balaban J connectivity index is 1.64. The minimum absolute atomic E-state index is 0.0604. The van der Waals surface area contributed by atoms with Crippen molar-refractivity contribution in [3.05, 3.63) is 52.2 Å². The first-order chi connectivity index (χ1) is 11.7. The molecule has 1 fully saturated rings. The fourth-order valence-corrected chi connectivity index (χ4v) is 4.13. The van der Waals surface area contributed by atoms with Crippen molar-refractivity contribution in [3.63, 3.8) is 0 Å². The van der Waals surface area contributed by atoms with Crippen LogP contribution in [-0.2, 0) is 11.2 Å². The monoisotopic (exact) mass is 340 g/mol. The van der Waals surface area contributed by atoms with Gasteiger partial charge in [0.2, 0.25) is 11.7 Å². The van der Waals surface area contributed by atoms with E-state index in [1.165, 1.54) is 0 Å². The van der Waals surface area contributed by atoms with Crippen LogP contribution in [0, 0.1) is 6.92 Å². The van der Waals surface area contributed by atoms with Gasteiger partial charge in [0.15, 0.2) is 0 Å². The van der Waals surface area contributed by atoms with Crippen molar-refractivity contribution in [2.75, 3.05) is 6.54 Å². The number of nitrogens with zero attached hydrogens (tertiary/aromatic N) is 4. The molecule has 0 bridgehead atoms. The van der Waals surface area contributed by atoms with Crippen LogP contribution in [0.15, 0.2) is 35.3 Å². The van der Waals surface area contributed by atoms with Crippen molar-refractivity contribution in [2.45, 2.75) is 38.6 Å². The minimum atomic E-state index is 0.0604. The summed E-state index contributed by atoms with van der Waals surface area (Å²) in [4.78, 5) is 23.9. The van der Waals surface area contributed by atoms with E-state index in [1.807, 2.05) is 26.9 Å². The van der Waals surface area contributed by atoms with Crippen LogP contribution >= 0.6 is 11.3 Å². The molecule has 3 aromatic rings. The van der Waals surface area contributed by atoms with Gasteiger partial charge in [-0.2, -0.15) is 11.3 Å². The van der Waals surface area contributed by atoms with Crippen LogP contribution in [0.5, 0.6) is 0 Å². The molecular formula is C18H20N4OS. The number of aromatic nitrogens is 3. The molecule has 1 atom stereocenters. The highest BCUT2D eigenvalue weighted by atomic mass is 32.1. The SMILES string of the molecule is Cc1cc(C2CCCCN2C(=O)Cc2ccsc2)nc2nccn12. The van der Waals surface area contributed by atoms with Crippen molar-refractivity contribution < 1.29 is 4.79 Å². The summed E-state index contributed by atoms with van der Waals surface area (Å²) in [5.74, 6) is 0.904. The zero-order valence-corrected chi connectivity index (χ0v) is 14.5. The summed E-state index contributed by atoms with van der Waals surface area (Å²) in [5, 5.41) is 4.07. The fourth-order valence-electron chi connectivity index (χ4n) is 3.46. The van der Waals surface area contributed by atoms with E-state index in [4.69, 9.17) is 4.98 Å². The van der Waals surface area contributed by atoms with Crippen LogP contribution in [0.25, 0.3) is 5.78 Å². The van der Waals surface area contributed by atoms with E-state index in [9.17, 15) is 4.79 Å². The molecule has 0 radical (unpaired) electrons. The summed E-state index contributed by atoms with van der Waals surface area (Å²) in [7, 11) is 0. The number of imidazole rings is 1. The maximum absolute atomic E-state index is 12.8. The molecule has 5 nitrogen and oxygen atoms in total. The zero-order chi connectivity index (χ0) is 16.5. The summed E-state index contributed by atoms with van der Waals surface area (Å²) in [6.07, 6.45) is 7.33. The molecule has 124 valence electrons. The van der Waals surface area contributed by atoms with Crippen molar-refractivity contribution in [3.8, 4) is 0 Å². The van der Waals surface area contributed by atoms with Crippen molar-refractivity contribution in [2.24, 2.45) is 0 Å². The molecule has 1 saturated heterocycles. The summed E-state index contributed by atoms with van der Waals surface area (Å²) < 4.78 is 1.98. The third kappa shape index (κ3) is 2.82. The van der Waals surface area contributed by atoms with Crippen LogP contribution in [0.3, 0.4) is 0 Å². The summed E-state index contributed by atoms with van der Waals surface area (Å²) in [6.45, 7) is 2.87. The van der Waals surface area contributed by atoms with Gasteiger partial charge in [-0.1, -0.05) is 0 Å². The number of aryl methyl sites for hydroxylation is 1. The van der Waals surface area contributed by atoms with Gasteiger partial charge in [-0.25, -0.2) is 9.97 Å². The Morgan fingerprint density at radius 3 is 3.17 bits per heavy atom. The first-order valence-corrected chi connectivity index (χ1v) is 9.28. The van der Waals surface area contributed by atoms with Crippen LogP contribution < -0.4 is 0 Å². The number of thiophene rings is 1. The highest BCUT2D eigenvalue weighted by molar-refractivity contribution is 7.08. The molecule has 1 aliphatic heterocycles. The van der Waals surface area contributed by atoms with E-state index in [1.54, 1.807) is 17.5 Å². The van der Waals surface area contributed by atoms with Crippen LogP contribution in [-0.4, -0.2) is 31.7 Å². The van der Waals surface area contributed by atoms with Gasteiger partial charge in [0.1, 0.15) is 0 Å². The van der Waals surface area contributed by atoms with E-state index in [0.29, 0.717) is 12.2 Å². The molecule has 0 spiro atoms. The Hall–Kier alpha value is -2.21. The Kier molecular flexibility index (Phi) is 4.06. The second kappa shape index (κ2) is 6.36. The lowest BCUT2D eigenvalue weighted by atomic mass is 9.98. The molecule has 1 amide bonds. The number of hydrogen-bond donors (Lipinski definition) is 0. The molecule has 6 heteroatoms. The van der Waals surface area contributed by atoms with E-state index in [-0.39, 0.29) is 11.9 Å². The number of carbonyl (C=O) groups excluding carboxylic acids is 1. The van der Waals surface area contributed by atoms with Crippen molar-refractivity contribution in [1.29, 1.82) is 0 Å². The van der Waals surface area contributed by atoms with Crippen LogP contribution in [0.4, 0.5) is 0 Å². The molecule has 0 aromatic carbocycles. The van der Waals surface area contributed by atoms with Crippen molar-refractivity contribution in [1.82, 2.24) is 19.3 Å². The predicted molar refractivity (Wildman–Crippen MR) is 94.1 cm³/mol. The topological polar surface area (TPSA) is 50.5 Å². The van der Waals surface area contributed by atoms with Gasteiger partial charge in [0, 0.05) is 24.6 Å². The number of carbonyl (C=O) groups is 1. The van der Waals surface area contributed by atoms with E-state index in [2.05, 4.69) is 23.4 Å². The molecule has 3 aromatic heterocycles. The Labute approximate surface area is 145 Å². The van der Waals surface area contributed by atoms with Gasteiger partial charge in [-0.05, 0) is 54.6 Å². The van der Waals surface area contributed by atoms with Gasteiger partial charge >= 0.3 is 0 Å². The van der Waals surface area contributed by atoms with E-state index >= 15 is 0 Å². The molecule has 4 heterocycles. The highest BCUT2D eigenvalue weighted by Crippen LogP contribution is 2.31.